The summed E-state index contributed by atoms with van der Waals surface area (Å²) in [5.41, 5.74) is 1.25. The molecule has 23 heavy (non-hydrogen) atoms. The molecule has 0 unspecified atom stereocenters. The molecule has 2 rings (SSSR count). The minimum Gasteiger partial charge on any atom is -0.370 e. The molecule has 0 atom stereocenters. The molecule has 5 heteroatoms. The quantitative estimate of drug-likeness (QED) is 0.744. The van der Waals surface area contributed by atoms with Crippen molar-refractivity contribution in [3.63, 3.8) is 0 Å². The zero-order valence-electron chi connectivity index (χ0n) is 14.1. The fourth-order valence-electron chi connectivity index (χ4n) is 2.22. The largest absolute Gasteiger partial charge is 0.370 e. The van der Waals surface area contributed by atoms with Gasteiger partial charge in [0.25, 0.3) is 0 Å². The first-order valence-electron chi connectivity index (χ1n) is 8.11. The number of anilines is 2. The van der Waals surface area contributed by atoms with Crippen LogP contribution in [0.4, 0.5) is 11.6 Å². The predicted molar refractivity (Wildman–Crippen MR) is 98.4 cm³/mol. The lowest BCUT2D eigenvalue weighted by molar-refractivity contribution is 0.606. The monoisotopic (exact) mass is 332 g/mol. The van der Waals surface area contributed by atoms with E-state index in [1.165, 1.54) is 5.56 Å². The van der Waals surface area contributed by atoms with Crippen molar-refractivity contribution < 1.29 is 0 Å². The Hall–Kier alpha value is -1.81. The molecule has 4 nitrogen and oxygen atoms in total. The Morgan fingerprint density at radius 2 is 1.61 bits per heavy atom. The molecule has 2 N–H and O–H groups in total. The third-order valence-corrected chi connectivity index (χ3v) is 3.75. The second-order valence-corrected chi connectivity index (χ2v) is 6.53. The van der Waals surface area contributed by atoms with Gasteiger partial charge < -0.3 is 10.6 Å². The van der Waals surface area contributed by atoms with Crippen LogP contribution in [0.3, 0.4) is 0 Å². The van der Waals surface area contributed by atoms with Crippen molar-refractivity contribution in [1.82, 2.24) is 9.97 Å². The van der Waals surface area contributed by atoms with Gasteiger partial charge >= 0.3 is 0 Å². The van der Waals surface area contributed by atoms with Crippen molar-refractivity contribution in [2.45, 2.75) is 33.6 Å². The summed E-state index contributed by atoms with van der Waals surface area (Å²) in [5.74, 6) is 3.20. The van der Waals surface area contributed by atoms with E-state index in [1.807, 2.05) is 37.3 Å². The van der Waals surface area contributed by atoms with E-state index in [1.54, 1.807) is 0 Å². The van der Waals surface area contributed by atoms with Crippen LogP contribution in [0.25, 0.3) is 0 Å². The van der Waals surface area contributed by atoms with Gasteiger partial charge in [0.2, 0.25) is 0 Å². The third kappa shape index (κ3) is 6.45. The van der Waals surface area contributed by atoms with Gasteiger partial charge in [-0.1, -0.05) is 37.6 Å². The number of benzene rings is 1. The van der Waals surface area contributed by atoms with Crippen molar-refractivity contribution in [1.29, 1.82) is 0 Å². The van der Waals surface area contributed by atoms with Crippen LogP contribution in [0.2, 0.25) is 5.02 Å². The minimum absolute atomic E-state index is 0.683. The lowest BCUT2D eigenvalue weighted by Gasteiger charge is -2.11. The van der Waals surface area contributed by atoms with Crippen molar-refractivity contribution in [2.75, 3.05) is 23.7 Å². The number of rotatable bonds is 8. The molecule has 0 saturated heterocycles. The molecule has 0 amide bonds. The van der Waals surface area contributed by atoms with Crippen molar-refractivity contribution in [3.05, 3.63) is 46.7 Å². The van der Waals surface area contributed by atoms with Gasteiger partial charge in [-0.25, -0.2) is 9.97 Å². The standard InChI is InChI=1S/C18H25ClN4/c1-13(2)8-10-20-17-12-18(23-14(3)22-17)21-11-9-15-4-6-16(19)7-5-15/h4-7,12-13H,8-11H2,1-3H3,(H2,20,21,22,23). The van der Waals surface area contributed by atoms with Gasteiger partial charge in [-0.3, -0.25) is 0 Å². The summed E-state index contributed by atoms with van der Waals surface area (Å²) in [5, 5.41) is 7.50. The maximum atomic E-state index is 5.90. The topological polar surface area (TPSA) is 49.8 Å². The summed E-state index contributed by atoms with van der Waals surface area (Å²) in [6.07, 6.45) is 2.05. The van der Waals surface area contributed by atoms with Crippen LogP contribution in [0.15, 0.2) is 30.3 Å². The number of nitrogens with zero attached hydrogens (tertiary/aromatic N) is 2. The molecular weight excluding hydrogens is 308 g/mol. The molecular formula is C18H25ClN4. The second-order valence-electron chi connectivity index (χ2n) is 6.10. The second kappa shape index (κ2) is 8.73. The average Bonchev–Trinajstić information content (AvgIpc) is 2.48. The van der Waals surface area contributed by atoms with E-state index in [0.717, 1.165) is 48.4 Å². The number of hydrogen-bond donors (Lipinski definition) is 2. The minimum atomic E-state index is 0.683. The number of aromatic nitrogens is 2. The first-order chi connectivity index (χ1) is 11.0. The molecule has 0 aliphatic rings. The number of aryl methyl sites for hydroxylation is 1. The molecule has 0 aliphatic heterocycles. The van der Waals surface area contributed by atoms with Crippen LogP contribution >= 0.6 is 11.6 Å². The third-order valence-electron chi connectivity index (χ3n) is 3.50. The summed E-state index contributed by atoms with van der Waals surface area (Å²) in [6.45, 7) is 8.10. The fraction of sp³-hybridized carbons (Fsp3) is 0.444. The van der Waals surface area contributed by atoms with E-state index in [2.05, 4.69) is 34.4 Å². The summed E-state index contributed by atoms with van der Waals surface area (Å²) >= 11 is 5.90. The van der Waals surface area contributed by atoms with Gasteiger partial charge in [-0.2, -0.15) is 0 Å². The maximum absolute atomic E-state index is 5.90. The van der Waals surface area contributed by atoms with Gasteiger partial charge in [-0.15, -0.1) is 0 Å². The number of halogens is 1. The van der Waals surface area contributed by atoms with E-state index in [9.17, 15) is 0 Å². The fourth-order valence-corrected chi connectivity index (χ4v) is 2.35. The molecule has 1 aromatic heterocycles. The highest BCUT2D eigenvalue weighted by Crippen LogP contribution is 2.13. The first-order valence-corrected chi connectivity index (χ1v) is 8.48. The summed E-state index contributed by atoms with van der Waals surface area (Å²) in [7, 11) is 0. The highest BCUT2D eigenvalue weighted by Gasteiger charge is 2.02. The molecule has 0 spiro atoms. The smallest absolute Gasteiger partial charge is 0.131 e. The molecule has 2 aromatic rings. The van der Waals surface area contributed by atoms with Gasteiger partial charge in [0.1, 0.15) is 17.5 Å². The van der Waals surface area contributed by atoms with Crippen LogP contribution in [0, 0.1) is 12.8 Å². The molecule has 1 aromatic carbocycles. The molecule has 124 valence electrons. The molecule has 0 fully saturated rings. The highest BCUT2D eigenvalue weighted by molar-refractivity contribution is 6.30. The van der Waals surface area contributed by atoms with Crippen molar-refractivity contribution >= 4 is 23.2 Å². The molecule has 0 aliphatic carbocycles. The van der Waals surface area contributed by atoms with Gasteiger partial charge in [0, 0.05) is 24.2 Å². The highest BCUT2D eigenvalue weighted by atomic mass is 35.5. The van der Waals surface area contributed by atoms with Crippen molar-refractivity contribution in [2.24, 2.45) is 5.92 Å². The summed E-state index contributed by atoms with van der Waals surface area (Å²) in [4.78, 5) is 8.87. The van der Waals surface area contributed by atoms with Crippen LogP contribution in [-0.4, -0.2) is 23.1 Å². The Balaban J connectivity index is 1.86. The van der Waals surface area contributed by atoms with Crippen LogP contribution < -0.4 is 10.6 Å². The zero-order valence-corrected chi connectivity index (χ0v) is 14.8. The van der Waals surface area contributed by atoms with E-state index in [0.29, 0.717) is 5.92 Å². The molecule has 0 bridgehead atoms. The Morgan fingerprint density at radius 3 is 2.22 bits per heavy atom. The Morgan fingerprint density at radius 1 is 1.00 bits per heavy atom. The number of hydrogen-bond acceptors (Lipinski definition) is 4. The Bertz CT molecular complexity index is 611. The molecule has 0 radical (unpaired) electrons. The van der Waals surface area contributed by atoms with E-state index in [4.69, 9.17) is 11.6 Å². The lowest BCUT2D eigenvalue weighted by Crippen LogP contribution is -2.10. The van der Waals surface area contributed by atoms with Gasteiger partial charge in [0.05, 0.1) is 0 Å². The molecule has 0 saturated carbocycles. The lowest BCUT2D eigenvalue weighted by atomic mass is 10.1. The van der Waals surface area contributed by atoms with E-state index >= 15 is 0 Å². The normalized spacial score (nSPS) is 10.8. The first kappa shape index (κ1) is 17.5. The van der Waals surface area contributed by atoms with Gasteiger partial charge in [-0.05, 0) is 43.4 Å². The van der Waals surface area contributed by atoms with Crippen LogP contribution in [0.1, 0.15) is 31.7 Å². The predicted octanol–water partition coefficient (Wildman–Crippen LogP) is 4.55. The van der Waals surface area contributed by atoms with Crippen LogP contribution in [-0.2, 0) is 6.42 Å². The van der Waals surface area contributed by atoms with E-state index in [-0.39, 0.29) is 0 Å². The summed E-state index contributed by atoms with van der Waals surface area (Å²) in [6, 6.07) is 9.91. The number of nitrogens with one attached hydrogen (secondary N) is 2. The average molecular weight is 333 g/mol. The maximum Gasteiger partial charge on any atom is 0.131 e. The Labute approximate surface area is 143 Å². The Kier molecular flexibility index (Phi) is 6.66. The zero-order chi connectivity index (χ0) is 16.7. The van der Waals surface area contributed by atoms with Crippen molar-refractivity contribution in [3.8, 4) is 0 Å². The van der Waals surface area contributed by atoms with Crippen LogP contribution in [0.5, 0.6) is 0 Å². The van der Waals surface area contributed by atoms with E-state index < -0.39 is 0 Å². The van der Waals surface area contributed by atoms with Gasteiger partial charge in [0.15, 0.2) is 0 Å². The SMILES string of the molecule is Cc1nc(NCCc2ccc(Cl)cc2)cc(NCCC(C)C)n1. The molecule has 1 heterocycles. The summed E-state index contributed by atoms with van der Waals surface area (Å²) < 4.78 is 0.